The molecule has 154 valence electrons. The van der Waals surface area contributed by atoms with Gasteiger partial charge in [-0.15, -0.1) is 0 Å². The molecule has 2 aromatic heterocycles. The Labute approximate surface area is 179 Å². The lowest BCUT2D eigenvalue weighted by atomic mass is 10.1. The molecule has 1 amide bonds. The molecule has 0 saturated heterocycles. The number of aryl methyl sites for hydroxylation is 1. The summed E-state index contributed by atoms with van der Waals surface area (Å²) in [5.41, 5.74) is 1.75. The molecule has 2 aromatic carbocycles. The molecule has 4 rings (SSSR count). The molecule has 0 aliphatic heterocycles. The van der Waals surface area contributed by atoms with Gasteiger partial charge in [0.25, 0.3) is 5.91 Å². The third-order valence-electron chi connectivity index (χ3n) is 4.70. The number of carbonyl (C=O) groups excluding carboxylic acids is 1. The number of aromatic nitrogens is 2. The predicted octanol–water partition coefficient (Wildman–Crippen LogP) is 4.56. The predicted molar refractivity (Wildman–Crippen MR) is 117 cm³/mol. The Morgan fingerprint density at radius 1 is 1.23 bits per heavy atom. The zero-order valence-electron chi connectivity index (χ0n) is 16.9. The van der Waals surface area contributed by atoms with Crippen molar-refractivity contribution in [2.75, 3.05) is 11.9 Å². The Morgan fingerprint density at radius 3 is 2.74 bits per heavy atom. The van der Waals surface area contributed by atoms with Crippen molar-refractivity contribution in [1.29, 1.82) is 5.26 Å². The van der Waals surface area contributed by atoms with Crippen LogP contribution >= 0.6 is 0 Å². The monoisotopic (exact) mass is 412 g/mol. The molecule has 2 heterocycles. The van der Waals surface area contributed by atoms with Gasteiger partial charge in [0, 0.05) is 28.7 Å². The molecule has 0 aliphatic carbocycles. The van der Waals surface area contributed by atoms with E-state index in [0.717, 1.165) is 22.2 Å². The molecular weight excluding hydrogens is 392 g/mol. The van der Waals surface area contributed by atoms with E-state index in [1.165, 1.54) is 0 Å². The van der Waals surface area contributed by atoms with Gasteiger partial charge in [-0.3, -0.25) is 4.79 Å². The number of para-hydroxylation sites is 2. The maximum Gasteiger partial charge on any atom is 0.267 e. The standard InChI is InChI=1S/C24H20N4O3/c1-17-13-23(27-31-17)26-24(29)18(15-25)14-19-16-28(22-10-6-5-9-21(19)22)11-12-30-20-7-3-2-4-8-20/h2-10,13-14,16H,11-12H2,1H3,(H,26,27,29)/b18-14-. The number of amides is 1. The van der Waals surface area contributed by atoms with Crippen molar-refractivity contribution in [3.8, 4) is 11.8 Å². The second-order valence-electron chi connectivity index (χ2n) is 6.90. The SMILES string of the molecule is Cc1cc(NC(=O)/C(C#N)=C\c2cn(CCOc3ccccc3)c3ccccc23)no1. The molecule has 0 radical (unpaired) electrons. The van der Waals surface area contributed by atoms with Crippen molar-refractivity contribution in [3.05, 3.63) is 83.8 Å². The number of nitrogens with zero attached hydrogens (tertiary/aromatic N) is 3. The number of anilines is 1. The van der Waals surface area contributed by atoms with E-state index >= 15 is 0 Å². The molecule has 0 saturated carbocycles. The zero-order chi connectivity index (χ0) is 21.6. The summed E-state index contributed by atoms with van der Waals surface area (Å²) < 4.78 is 12.8. The van der Waals surface area contributed by atoms with Crippen LogP contribution in [0.15, 0.2) is 77.0 Å². The maximum absolute atomic E-state index is 12.5. The molecule has 0 spiro atoms. The smallest absolute Gasteiger partial charge is 0.267 e. The minimum absolute atomic E-state index is 0.0240. The number of fused-ring (bicyclic) bond motifs is 1. The van der Waals surface area contributed by atoms with Gasteiger partial charge in [0.1, 0.15) is 29.8 Å². The van der Waals surface area contributed by atoms with Crippen LogP contribution in [-0.4, -0.2) is 22.2 Å². The number of rotatable bonds is 7. The second kappa shape index (κ2) is 9.01. The summed E-state index contributed by atoms with van der Waals surface area (Å²) in [6.07, 6.45) is 3.50. The summed E-state index contributed by atoms with van der Waals surface area (Å²) in [7, 11) is 0. The summed E-state index contributed by atoms with van der Waals surface area (Å²) in [5, 5.41) is 16.8. The Bertz CT molecular complexity index is 1280. The van der Waals surface area contributed by atoms with Crippen molar-refractivity contribution in [1.82, 2.24) is 9.72 Å². The summed E-state index contributed by atoms with van der Waals surface area (Å²) in [6, 6.07) is 21.0. The van der Waals surface area contributed by atoms with Gasteiger partial charge in [0.2, 0.25) is 0 Å². The number of carbonyl (C=O) groups is 1. The summed E-state index contributed by atoms with van der Waals surface area (Å²) >= 11 is 0. The highest BCUT2D eigenvalue weighted by Gasteiger charge is 2.14. The molecule has 0 fully saturated rings. The molecule has 7 heteroatoms. The first-order valence-corrected chi connectivity index (χ1v) is 9.76. The number of benzene rings is 2. The lowest BCUT2D eigenvalue weighted by Crippen LogP contribution is -2.13. The topological polar surface area (TPSA) is 93.1 Å². The number of hydrogen-bond acceptors (Lipinski definition) is 5. The van der Waals surface area contributed by atoms with Gasteiger partial charge < -0.3 is 19.1 Å². The van der Waals surface area contributed by atoms with Crippen LogP contribution in [0.1, 0.15) is 11.3 Å². The van der Waals surface area contributed by atoms with Gasteiger partial charge in [-0.25, -0.2) is 0 Å². The van der Waals surface area contributed by atoms with Crippen LogP contribution in [0.5, 0.6) is 5.75 Å². The van der Waals surface area contributed by atoms with Crippen LogP contribution in [-0.2, 0) is 11.3 Å². The van der Waals surface area contributed by atoms with Gasteiger partial charge in [-0.2, -0.15) is 5.26 Å². The molecule has 0 unspecified atom stereocenters. The second-order valence-corrected chi connectivity index (χ2v) is 6.90. The fourth-order valence-corrected chi connectivity index (χ4v) is 3.27. The molecule has 0 atom stereocenters. The van der Waals surface area contributed by atoms with Gasteiger partial charge in [-0.05, 0) is 31.2 Å². The lowest BCUT2D eigenvalue weighted by Gasteiger charge is -2.08. The quantitative estimate of drug-likeness (QED) is 0.355. The highest BCUT2D eigenvalue weighted by molar-refractivity contribution is 6.10. The number of ether oxygens (including phenoxy) is 1. The zero-order valence-corrected chi connectivity index (χ0v) is 16.9. The fraction of sp³-hybridized carbons (Fsp3) is 0.125. The maximum atomic E-state index is 12.5. The molecule has 1 N–H and O–H groups in total. The summed E-state index contributed by atoms with van der Waals surface area (Å²) in [6.45, 7) is 2.83. The van der Waals surface area contributed by atoms with Crippen molar-refractivity contribution in [2.45, 2.75) is 13.5 Å². The lowest BCUT2D eigenvalue weighted by molar-refractivity contribution is -0.112. The van der Waals surface area contributed by atoms with E-state index in [-0.39, 0.29) is 11.4 Å². The van der Waals surface area contributed by atoms with E-state index in [1.54, 1.807) is 19.1 Å². The Morgan fingerprint density at radius 2 is 2.00 bits per heavy atom. The normalized spacial score (nSPS) is 11.3. The van der Waals surface area contributed by atoms with E-state index in [1.807, 2.05) is 66.9 Å². The van der Waals surface area contributed by atoms with Gasteiger partial charge in [0.15, 0.2) is 5.82 Å². The van der Waals surface area contributed by atoms with E-state index in [4.69, 9.17) is 9.26 Å². The average Bonchev–Trinajstić information content (AvgIpc) is 3.36. The first-order chi connectivity index (χ1) is 15.1. The Hall–Kier alpha value is -4.31. The Balaban J connectivity index is 1.56. The van der Waals surface area contributed by atoms with Crippen molar-refractivity contribution >= 4 is 28.7 Å². The van der Waals surface area contributed by atoms with Gasteiger partial charge >= 0.3 is 0 Å². The van der Waals surface area contributed by atoms with Crippen LogP contribution in [0.4, 0.5) is 5.82 Å². The van der Waals surface area contributed by atoms with Crippen molar-refractivity contribution in [3.63, 3.8) is 0 Å². The minimum Gasteiger partial charge on any atom is -0.492 e. The van der Waals surface area contributed by atoms with Crippen LogP contribution in [0.2, 0.25) is 0 Å². The Kier molecular flexibility index (Phi) is 5.81. The van der Waals surface area contributed by atoms with Crippen LogP contribution in [0.25, 0.3) is 17.0 Å². The number of hydrogen-bond donors (Lipinski definition) is 1. The van der Waals surface area contributed by atoms with Gasteiger partial charge in [-0.1, -0.05) is 41.6 Å². The third-order valence-corrected chi connectivity index (χ3v) is 4.70. The highest BCUT2D eigenvalue weighted by Crippen LogP contribution is 2.24. The molecule has 31 heavy (non-hydrogen) atoms. The minimum atomic E-state index is -0.542. The van der Waals surface area contributed by atoms with Crippen molar-refractivity contribution < 1.29 is 14.1 Å². The largest absolute Gasteiger partial charge is 0.492 e. The van der Waals surface area contributed by atoms with E-state index < -0.39 is 5.91 Å². The number of nitrogens with one attached hydrogen (secondary N) is 1. The fourth-order valence-electron chi connectivity index (χ4n) is 3.27. The molecule has 0 aliphatic rings. The third kappa shape index (κ3) is 4.65. The van der Waals surface area contributed by atoms with E-state index in [2.05, 4.69) is 15.0 Å². The highest BCUT2D eigenvalue weighted by atomic mass is 16.5. The summed E-state index contributed by atoms with van der Waals surface area (Å²) in [4.78, 5) is 12.5. The van der Waals surface area contributed by atoms with Crippen LogP contribution < -0.4 is 10.1 Å². The number of nitriles is 1. The van der Waals surface area contributed by atoms with Crippen LogP contribution in [0, 0.1) is 18.3 Å². The molecule has 0 bridgehead atoms. The molecule has 7 nitrogen and oxygen atoms in total. The molecular formula is C24H20N4O3. The van der Waals surface area contributed by atoms with E-state index in [0.29, 0.717) is 18.9 Å². The van der Waals surface area contributed by atoms with Crippen LogP contribution in [0.3, 0.4) is 0 Å². The first kappa shape index (κ1) is 20.0. The van der Waals surface area contributed by atoms with E-state index in [9.17, 15) is 10.1 Å². The van der Waals surface area contributed by atoms with Gasteiger partial charge in [0.05, 0.1) is 6.54 Å². The molecule has 4 aromatic rings. The first-order valence-electron chi connectivity index (χ1n) is 9.76. The summed E-state index contributed by atoms with van der Waals surface area (Å²) in [5.74, 6) is 1.10. The average molecular weight is 412 g/mol. The van der Waals surface area contributed by atoms with Crippen molar-refractivity contribution in [2.24, 2.45) is 0 Å².